The van der Waals surface area contributed by atoms with E-state index in [0.717, 1.165) is 30.6 Å². The second kappa shape index (κ2) is 5.96. The fraction of sp³-hybridized carbons (Fsp3) is 0.429. The molecule has 0 aliphatic carbocycles. The van der Waals surface area contributed by atoms with Gasteiger partial charge < -0.3 is 10.2 Å². The van der Waals surface area contributed by atoms with Gasteiger partial charge in [-0.25, -0.2) is 0 Å². The maximum Gasteiger partial charge on any atom is 0.0654 e. The van der Waals surface area contributed by atoms with Gasteiger partial charge in [-0.15, -0.1) is 0 Å². The highest BCUT2D eigenvalue weighted by Crippen LogP contribution is 2.23. The molecule has 2 rings (SSSR count). The van der Waals surface area contributed by atoms with Crippen LogP contribution in [0.4, 0.5) is 0 Å². The van der Waals surface area contributed by atoms with Crippen LogP contribution in [0.15, 0.2) is 42.0 Å². The van der Waals surface area contributed by atoms with Crippen molar-refractivity contribution >= 4 is 0 Å². The van der Waals surface area contributed by atoms with Crippen LogP contribution in [-0.4, -0.2) is 41.4 Å². The first-order valence-corrected chi connectivity index (χ1v) is 6.03. The number of rotatable bonds is 4. The Bertz CT molecular complexity index is 375. The van der Waals surface area contributed by atoms with Crippen molar-refractivity contribution in [1.82, 2.24) is 4.90 Å². The number of benzene rings is 1. The van der Waals surface area contributed by atoms with Crippen LogP contribution in [0.1, 0.15) is 18.0 Å². The van der Waals surface area contributed by atoms with E-state index in [1.54, 1.807) is 0 Å². The zero-order valence-corrected chi connectivity index (χ0v) is 9.92. The smallest absolute Gasteiger partial charge is 0.0654 e. The summed E-state index contributed by atoms with van der Waals surface area (Å²) in [4.78, 5) is 2.22. The van der Waals surface area contributed by atoms with Gasteiger partial charge in [0.15, 0.2) is 0 Å². The number of nitrogens with zero attached hydrogens (tertiary/aromatic N) is 1. The highest BCUT2D eigenvalue weighted by atomic mass is 16.3. The first-order valence-electron chi connectivity index (χ1n) is 6.03. The van der Waals surface area contributed by atoms with Crippen molar-refractivity contribution in [3.63, 3.8) is 0 Å². The van der Waals surface area contributed by atoms with E-state index in [0.29, 0.717) is 0 Å². The molecule has 17 heavy (non-hydrogen) atoms. The summed E-state index contributed by atoms with van der Waals surface area (Å²) in [6.07, 6.45) is 3.04. The van der Waals surface area contributed by atoms with Crippen LogP contribution >= 0.6 is 0 Å². The quantitative estimate of drug-likeness (QED) is 0.771. The molecule has 1 aliphatic heterocycles. The lowest BCUT2D eigenvalue weighted by atomic mass is 10.0. The molecule has 0 radical (unpaired) electrons. The van der Waals surface area contributed by atoms with E-state index in [-0.39, 0.29) is 19.3 Å². The molecule has 1 aromatic rings. The van der Waals surface area contributed by atoms with E-state index >= 15 is 0 Å². The highest BCUT2D eigenvalue weighted by molar-refractivity contribution is 5.20. The van der Waals surface area contributed by atoms with Gasteiger partial charge >= 0.3 is 0 Å². The maximum absolute atomic E-state index is 9.57. The van der Waals surface area contributed by atoms with E-state index in [9.17, 15) is 10.2 Å². The highest BCUT2D eigenvalue weighted by Gasteiger charge is 2.21. The average molecular weight is 233 g/mol. The fourth-order valence-electron chi connectivity index (χ4n) is 2.33. The Morgan fingerprint density at radius 3 is 2.59 bits per heavy atom. The number of hydrogen-bond acceptors (Lipinski definition) is 3. The molecule has 0 fully saturated rings. The molecule has 0 unspecified atom stereocenters. The van der Waals surface area contributed by atoms with Crippen molar-refractivity contribution in [1.29, 1.82) is 0 Å². The lowest BCUT2D eigenvalue weighted by molar-refractivity contribution is 0.125. The summed E-state index contributed by atoms with van der Waals surface area (Å²) >= 11 is 0. The van der Waals surface area contributed by atoms with Gasteiger partial charge in [0.1, 0.15) is 0 Å². The summed E-state index contributed by atoms with van der Waals surface area (Å²) in [5.41, 5.74) is 2.18. The van der Waals surface area contributed by atoms with E-state index in [4.69, 9.17) is 0 Å². The zero-order chi connectivity index (χ0) is 12.1. The van der Waals surface area contributed by atoms with E-state index in [1.165, 1.54) is 0 Å². The molecule has 0 saturated heterocycles. The van der Waals surface area contributed by atoms with Gasteiger partial charge in [0.2, 0.25) is 0 Å². The maximum atomic E-state index is 9.57. The van der Waals surface area contributed by atoms with E-state index < -0.39 is 0 Å². The van der Waals surface area contributed by atoms with Gasteiger partial charge in [0.25, 0.3) is 0 Å². The van der Waals surface area contributed by atoms with Crippen molar-refractivity contribution < 1.29 is 10.2 Å². The molecule has 2 N–H and O–H groups in total. The minimum Gasteiger partial charge on any atom is -0.394 e. The van der Waals surface area contributed by atoms with Gasteiger partial charge in [-0.3, -0.25) is 4.90 Å². The third kappa shape index (κ3) is 2.94. The molecule has 0 spiro atoms. The third-order valence-electron chi connectivity index (χ3n) is 3.26. The lowest BCUT2D eigenvalue weighted by Gasteiger charge is -2.33. The minimum atomic E-state index is 0.0337. The monoisotopic (exact) mass is 233 g/mol. The normalized spacial score (nSPS) is 18.8. The van der Waals surface area contributed by atoms with Crippen molar-refractivity contribution in [3.05, 3.63) is 47.5 Å². The molecule has 0 bridgehead atoms. The Kier molecular flexibility index (Phi) is 4.31. The largest absolute Gasteiger partial charge is 0.394 e. The van der Waals surface area contributed by atoms with Crippen molar-refractivity contribution in [2.24, 2.45) is 0 Å². The Morgan fingerprint density at radius 1 is 1.18 bits per heavy atom. The van der Waals surface area contributed by atoms with E-state index in [2.05, 4.69) is 11.0 Å². The first kappa shape index (κ1) is 12.3. The van der Waals surface area contributed by atoms with Crippen LogP contribution in [0, 0.1) is 0 Å². The molecule has 3 nitrogen and oxygen atoms in total. The molecule has 0 amide bonds. The number of aliphatic hydroxyl groups is 2. The molecule has 1 heterocycles. The van der Waals surface area contributed by atoms with Crippen molar-refractivity contribution in [3.8, 4) is 0 Å². The van der Waals surface area contributed by atoms with Gasteiger partial charge in [-0.1, -0.05) is 36.4 Å². The molecule has 3 heteroatoms. The van der Waals surface area contributed by atoms with Crippen LogP contribution in [0.3, 0.4) is 0 Å². The summed E-state index contributed by atoms with van der Waals surface area (Å²) in [6, 6.07) is 10.1. The van der Waals surface area contributed by atoms with E-state index in [1.807, 2.05) is 30.3 Å². The average Bonchev–Trinajstić information content (AvgIpc) is 2.41. The second-order valence-corrected chi connectivity index (χ2v) is 4.39. The summed E-state index contributed by atoms with van der Waals surface area (Å²) in [7, 11) is 0. The van der Waals surface area contributed by atoms with Crippen LogP contribution in [0.5, 0.6) is 0 Å². The van der Waals surface area contributed by atoms with Crippen LogP contribution in [0.25, 0.3) is 0 Å². The molecule has 1 aliphatic rings. The van der Waals surface area contributed by atoms with Crippen molar-refractivity contribution in [2.75, 3.05) is 26.3 Å². The van der Waals surface area contributed by atoms with Gasteiger partial charge in [0, 0.05) is 13.1 Å². The summed E-state index contributed by atoms with van der Waals surface area (Å²) in [5.74, 6) is 0. The number of aliphatic hydroxyl groups excluding tert-OH is 2. The Balaban J connectivity index is 2.12. The van der Waals surface area contributed by atoms with Crippen LogP contribution in [-0.2, 0) is 0 Å². The molecular weight excluding hydrogens is 214 g/mol. The third-order valence-corrected chi connectivity index (χ3v) is 3.26. The molecule has 92 valence electrons. The summed E-state index contributed by atoms with van der Waals surface area (Å²) in [6.45, 7) is 1.91. The van der Waals surface area contributed by atoms with Gasteiger partial charge in [-0.05, 0) is 17.6 Å². The zero-order valence-electron chi connectivity index (χ0n) is 9.92. The van der Waals surface area contributed by atoms with Crippen LogP contribution < -0.4 is 0 Å². The minimum absolute atomic E-state index is 0.0337. The Hall–Kier alpha value is -1.16. The Labute approximate surface area is 102 Å². The van der Waals surface area contributed by atoms with Crippen LogP contribution in [0.2, 0.25) is 0 Å². The Morgan fingerprint density at radius 2 is 1.94 bits per heavy atom. The van der Waals surface area contributed by atoms with Crippen molar-refractivity contribution in [2.45, 2.75) is 12.5 Å². The number of hydrogen-bond donors (Lipinski definition) is 2. The topological polar surface area (TPSA) is 43.7 Å². The predicted octanol–water partition coefficient (Wildman–Crippen LogP) is 1.34. The molecule has 1 aromatic carbocycles. The summed E-state index contributed by atoms with van der Waals surface area (Å²) < 4.78 is 0. The lowest BCUT2D eigenvalue weighted by Crippen LogP contribution is -2.36. The second-order valence-electron chi connectivity index (χ2n) is 4.39. The van der Waals surface area contributed by atoms with Gasteiger partial charge in [-0.2, -0.15) is 0 Å². The molecular formula is C14H19NO2. The predicted molar refractivity (Wildman–Crippen MR) is 67.6 cm³/mol. The molecule has 0 saturated carbocycles. The molecule has 0 aromatic heterocycles. The molecule has 1 atom stereocenters. The SMILES string of the molecule is OCC1=CCCN([C@@H](CO)c2ccccc2)C1. The fourth-order valence-corrected chi connectivity index (χ4v) is 2.33. The summed E-state index contributed by atoms with van der Waals surface area (Å²) in [5, 5.41) is 18.7. The van der Waals surface area contributed by atoms with Gasteiger partial charge in [0.05, 0.1) is 19.3 Å². The standard InChI is InChI=1S/C14H19NO2/c16-10-12-5-4-8-15(9-12)14(11-17)13-6-2-1-3-7-13/h1-3,5-7,14,16-17H,4,8-11H2/t14-/m0/s1. The first-order chi connectivity index (χ1) is 8.35.